The third kappa shape index (κ3) is 5.29. The molecule has 0 aromatic carbocycles. The Morgan fingerprint density at radius 2 is 2.20 bits per heavy atom. The number of amides is 1. The Bertz CT molecular complexity index is 250. The molecule has 1 amide bonds. The van der Waals surface area contributed by atoms with Crippen molar-refractivity contribution in [1.82, 2.24) is 5.32 Å². The lowest BCUT2D eigenvalue weighted by atomic mass is 10.0. The van der Waals surface area contributed by atoms with Gasteiger partial charge in [0.25, 0.3) is 0 Å². The molecule has 1 atom stereocenters. The first-order chi connectivity index (χ1) is 6.97. The van der Waals surface area contributed by atoms with Crippen LogP contribution in [0.4, 0.5) is 18.0 Å². The van der Waals surface area contributed by atoms with Crippen LogP contribution in [0, 0.1) is 0 Å². The Labute approximate surface area is 85.3 Å². The van der Waals surface area contributed by atoms with Gasteiger partial charge in [-0.15, -0.1) is 0 Å². The van der Waals surface area contributed by atoms with Crippen LogP contribution >= 0.6 is 0 Å². The minimum absolute atomic E-state index is 0.115. The molecule has 0 aromatic heterocycles. The van der Waals surface area contributed by atoms with Gasteiger partial charge in [0.2, 0.25) is 0 Å². The average Bonchev–Trinajstić information content (AvgIpc) is 2.15. The standard InChI is InChI=1S/C9H12F3NO2/c10-9(11,12)6-15-8(14)13-7-4-2-1-3-5-7/h1-2,7H,3-6H2,(H,13,14). The number of ether oxygens (including phenoxy) is 1. The molecule has 3 nitrogen and oxygen atoms in total. The van der Waals surface area contributed by atoms with E-state index in [0.717, 1.165) is 12.8 Å². The van der Waals surface area contributed by atoms with E-state index >= 15 is 0 Å². The summed E-state index contributed by atoms with van der Waals surface area (Å²) in [5, 5.41) is 2.38. The number of nitrogens with one attached hydrogen (secondary N) is 1. The molecule has 0 aromatic rings. The van der Waals surface area contributed by atoms with E-state index in [1.165, 1.54) is 0 Å². The number of carbonyl (C=O) groups is 1. The van der Waals surface area contributed by atoms with Crippen molar-refractivity contribution in [1.29, 1.82) is 0 Å². The Balaban J connectivity index is 2.21. The first-order valence-electron chi connectivity index (χ1n) is 4.62. The van der Waals surface area contributed by atoms with Gasteiger partial charge in [-0.05, 0) is 19.3 Å². The lowest BCUT2D eigenvalue weighted by Gasteiger charge is -2.19. The zero-order valence-corrected chi connectivity index (χ0v) is 8.01. The Morgan fingerprint density at radius 3 is 2.73 bits per heavy atom. The zero-order chi connectivity index (χ0) is 11.3. The molecule has 86 valence electrons. The number of rotatable bonds is 2. The molecule has 1 rings (SSSR count). The summed E-state index contributed by atoms with van der Waals surface area (Å²) in [6.07, 6.45) is 0.581. The summed E-state index contributed by atoms with van der Waals surface area (Å²) in [7, 11) is 0. The minimum atomic E-state index is -4.47. The van der Waals surface area contributed by atoms with Crippen LogP contribution in [0.2, 0.25) is 0 Å². The van der Waals surface area contributed by atoms with Crippen LogP contribution < -0.4 is 5.32 Å². The molecule has 1 aliphatic rings. The number of alkyl halides is 3. The molecule has 6 heteroatoms. The van der Waals surface area contributed by atoms with E-state index in [9.17, 15) is 18.0 Å². The smallest absolute Gasteiger partial charge is 0.422 e. The second-order valence-corrected chi connectivity index (χ2v) is 3.32. The van der Waals surface area contributed by atoms with Crippen molar-refractivity contribution < 1.29 is 22.7 Å². The first-order valence-corrected chi connectivity index (χ1v) is 4.62. The third-order valence-electron chi connectivity index (χ3n) is 1.96. The van der Waals surface area contributed by atoms with Crippen LogP contribution in [-0.2, 0) is 4.74 Å². The topological polar surface area (TPSA) is 38.3 Å². The fourth-order valence-corrected chi connectivity index (χ4v) is 1.28. The maximum Gasteiger partial charge on any atom is 0.422 e. The normalized spacial score (nSPS) is 21.1. The second-order valence-electron chi connectivity index (χ2n) is 3.32. The van der Waals surface area contributed by atoms with Crippen molar-refractivity contribution in [2.75, 3.05) is 6.61 Å². The molecule has 0 saturated heterocycles. The average molecular weight is 223 g/mol. The minimum Gasteiger partial charge on any atom is -0.440 e. The largest absolute Gasteiger partial charge is 0.440 e. The van der Waals surface area contributed by atoms with Crippen molar-refractivity contribution in [3.8, 4) is 0 Å². The molecule has 0 spiro atoms. The quantitative estimate of drug-likeness (QED) is 0.730. The lowest BCUT2D eigenvalue weighted by Crippen LogP contribution is -2.37. The van der Waals surface area contributed by atoms with E-state index in [4.69, 9.17) is 0 Å². The molecule has 1 aliphatic carbocycles. The maximum atomic E-state index is 11.7. The molecule has 1 N–H and O–H groups in total. The number of alkyl carbamates (subject to hydrolysis) is 1. The van der Waals surface area contributed by atoms with Crippen LogP contribution in [0.5, 0.6) is 0 Å². The van der Waals surface area contributed by atoms with Gasteiger partial charge < -0.3 is 10.1 Å². The van der Waals surface area contributed by atoms with Crippen LogP contribution in [0.3, 0.4) is 0 Å². The summed E-state index contributed by atoms with van der Waals surface area (Å²) in [4.78, 5) is 10.9. The second kappa shape index (κ2) is 5.04. The fourth-order valence-electron chi connectivity index (χ4n) is 1.28. The van der Waals surface area contributed by atoms with Crippen molar-refractivity contribution in [2.45, 2.75) is 31.5 Å². The van der Waals surface area contributed by atoms with E-state index < -0.39 is 18.9 Å². The van der Waals surface area contributed by atoms with E-state index in [1.54, 1.807) is 0 Å². The Kier molecular flexibility index (Phi) is 3.99. The van der Waals surface area contributed by atoms with Gasteiger partial charge in [0.15, 0.2) is 6.61 Å². The van der Waals surface area contributed by atoms with Crippen LogP contribution in [0.15, 0.2) is 12.2 Å². The lowest BCUT2D eigenvalue weighted by molar-refractivity contribution is -0.160. The van der Waals surface area contributed by atoms with Gasteiger partial charge in [-0.2, -0.15) is 13.2 Å². The van der Waals surface area contributed by atoms with Gasteiger partial charge in [-0.3, -0.25) is 0 Å². The highest BCUT2D eigenvalue weighted by molar-refractivity contribution is 5.67. The van der Waals surface area contributed by atoms with Crippen molar-refractivity contribution in [3.63, 3.8) is 0 Å². The molecule has 0 bridgehead atoms. The summed E-state index contributed by atoms with van der Waals surface area (Å²) in [5.74, 6) is 0. The SMILES string of the molecule is O=C(NC1CC=CCC1)OCC(F)(F)F. The number of allylic oxidation sites excluding steroid dienone is 1. The van der Waals surface area contributed by atoms with Crippen LogP contribution in [0.1, 0.15) is 19.3 Å². The molecule has 15 heavy (non-hydrogen) atoms. The summed E-state index contributed by atoms with van der Waals surface area (Å²) in [6, 6.07) is -0.115. The van der Waals surface area contributed by atoms with Crippen molar-refractivity contribution in [3.05, 3.63) is 12.2 Å². The number of halogens is 3. The number of carbonyl (C=O) groups excluding carboxylic acids is 1. The van der Waals surface area contributed by atoms with E-state index in [-0.39, 0.29) is 6.04 Å². The number of hydrogen-bond donors (Lipinski definition) is 1. The van der Waals surface area contributed by atoms with Gasteiger partial charge in [-0.25, -0.2) is 4.79 Å². The van der Waals surface area contributed by atoms with E-state index in [2.05, 4.69) is 10.1 Å². The highest BCUT2D eigenvalue weighted by Crippen LogP contribution is 2.15. The highest BCUT2D eigenvalue weighted by Gasteiger charge is 2.29. The Hall–Kier alpha value is -1.20. The number of hydrogen-bond acceptors (Lipinski definition) is 2. The molecular formula is C9H12F3NO2. The van der Waals surface area contributed by atoms with Crippen LogP contribution in [-0.4, -0.2) is 24.9 Å². The van der Waals surface area contributed by atoms with Gasteiger partial charge in [0.1, 0.15) is 0 Å². The molecule has 0 heterocycles. The fraction of sp³-hybridized carbons (Fsp3) is 0.667. The summed E-state index contributed by atoms with van der Waals surface area (Å²) < 4.78 is 39.0. The summed E-state index contributed by atoms with van der Waals surface area (Å²) in [5.41, 5.74) is 0. The van der Waals surface area contributed by atoms with Gasteiger partial charge in [0.05, 0.1) is 0 Å². The molecular weight excluding hydrogens is 211 g/mol. The molecule has 0 radical (unpaired) electrons. The third-order valence-corrected chi connectivity index (χ3v) is 1.96. The maximum absolute atomic E-state index is 11.7. The zero-order valence-electron chi connectivity index (χ0n) is 8.01. The van der Waals surface area contributed by atoms with Crippen molar-refractivity contribution >= 4 is 6.09 Å². The van der Waals surface area contributed by atoms with E-state index in [1.807, 2.05) is 12.2 Å². The first kappa shape index (κ1) is 11.9. The summed E-state index contributed by atoms with van der Waals surface area (Å²) >= 11 is 0. The highest BCUT2D eigenvalue weighted by atomic mass is 19.4. The predicted molar refractivity (Wildman–Crippen MR) is 47.3 cm³/mol. The van der Waals surface area contributed by atoms with Gasteiger partial charge >= 0.3 is 12.3 Å². The predicted octanol–water partition coefficient (Wildman–Crippen LogP) is 2.38. The van der Waals surface area contributed by atoms with Gasteiger partial charge in [-0.1, -0.05) is 12.2 Å². The van der Waals surface area contributed by atoms with Crippen molar-refractivity contribution in [2.24, 2.45) is 0 Å². The molecule has 1 unspecified atom stereocenters. The Morgan fingerprint density at radius 1 is 1.47 bits per heavy atom. The van der Waals surface area contributed by atoms with Gasteiger partial charge in [0, 0.05) is 6.04 Å². The molecule has 0 fully saturated rings. The summed E-state index contributed by atoms with van der Waals surface area (Å²) in [6.45, 7) is -1.54. The van der Waals surface area contributed by atoms with Crippen LogP contribution in [0.25, 0.3) is 0 Å². The molecule has 0 aliphatic heterocycles. The van der Waals surface area contributed by atoms with E-state index in [0.29, 0.717) is 6.42 Å². The molecule has 0 saturated carbocycles. The monoisotopic (exact) mass is 223 g/mol.